The van der Waals surface area contributed by atoms with Gasteiger partial charge in [-0.1, -0.05) is 0 Å². The minimum atomic E-state index is -2.80. The number of phenols is 2. The molecule has 3 aliphatic carbocycles. The van der Waals surface area contributed by atoms with Crippen LogP contribution in [0.5, 0.6) is 11.5 Å². The standard InChI is InChI=1S/C22H24N2O9/c1-21(32)8-4-7(25)5-11(26)12(8)16(27)13-9(21)6-10-15(24(2)3)17(28)14(20(23)31)19(30)22(10,33)18(13)29/h4-5,9-10,15,25-27,30,32-33H,6H2,1-3H3,(H2,23,31)/t9-,10-,15-,21+,22-/m0/s1. The maximum Gasteiger partial charge on any atom is 0.255 e. The summed E-state index contributed by atoms with van der Waals surface area (Å²) < 4.78 is 0. The minimum Gasteiger partial charge on any atom is -0.508 e. The molecule has 3 aliphatic rings. The van der Waals surface area contributed by atoms with Crippen LogP contribution in [0.4, 0.5) is 0 Å². The Balaban J connectivity index is 2.06. The largest absolute Gasteiger partial charge is 0.508 e. The third-order valence-electron chi connectivity index (χ3n) is 7.08. The van der Waals surface area contributed by atoms with Crippen LogP contribution in [0.15, 0.2) is 29.0 Å². The first kappa shape index (κ1) is 22.8. The Bertz CT molecular complexity index is 1200. The number of nitrogens with two attached hydrogens (primary N) is 1. The number of aliphatic hydroxyl groups is 4. The number of primary amides is 1. The molecule has 1 aromatic rings. The summed E-state index contributed by atoms with van der Waals surface area (Å²) in [6.07, 6.45) is -0.283. The van der Waals surface area contributed by atoms with Crippen LogP contribution in [0, 0.1) is 11.8 Å². The molecule has 33 heavy (non-hydrogen) atoms. The number of nitrogens with zero attached hydrogens (tertiary/aromatic N) is 1. The number of amides is 1. The highest BCUT2D eigenvalue weighted by Crippen LogP contribution is 2.57. The van der Waals surface area contributed by atoms with E-state index in [0.717, 1.165) is 12.1 Å². The van der Waals surface area contributed by atoms with Crippen molar-refractivity contribution in [2.24, 2.45) is 17.6 Å². The van der Waals surface area contributed by atoms with Crippen LogP contribution in [-0.2, 0) is 20.0 Å². The molecule has 1 aromatic carbocycles. The van der Waals surface area contributed by atoms with Crippen LogP contribution < -0.4 is 5.73 Å². The van der Waals surface area contributed by atoms with E-state index >= 15 is 0 Å². The highest BCUT2D eigenvalue weighted by atomic mass is 16.3. The summed E-state index contributed by atoms with van der Waals surface area (Å²) in [6.45, 7) is 1.30. The van der Waals surface area contributed by atoms with Gasteiger partial charge in [-0.2, -0.15) is 0 Å². The van der Waals surface area contributed by atoms with Crippen LogP contribution in [0.25, 0.3) is 5.76 Å². The molecule has 0 radical (unpaired) electrons. The SMILES string of the molecule is CN(C)[C@@H]1C(=O)C(C(N)=O)=C(O)[C@@]2(O)C(=O)C3=C(O)c4c(O)cc(O)cc4[C@@](C)(O)[C@H]3C[C@@H]12. The minimum absolute atomic E-state index is 0.0642. The van der Waals surface area contributed by atoms with Gasteiger partial charge < -0.3 is 36.4 Å². The fourth-order valence-electron chi connectivity index (χ4n) is 5.55. The van der Waals surface area contributed by atoms with Crippen LogP contribution in [0.1, 0.15) is 24.5 Å². The number of phenolic OH excluding ortho intramolecular Hbond substituents is 2. The number of fused-ring (bicyclic) bond motifs is 3. The third-order valence-corrected chi connectivity index (χ3v) is 7.08. The number of aromatic hydroxyl groups is 2. The fourth-order valence-corrected chi connectivity index (χ4v) is 5.55. The Kier molecular flexibility index (Phi) is 4.69. The number of aliphatic hydroxyl groups excluding tert-OH is 2. The molecule has 11 nitrogen and oxygen atoms in total. The highest BCUT2D eigenvalue weighted by Gasteiger charge is 2.66. The van der Waals surface area contributed by atoms with E-state index in [0.29, 0.717) is 0 Å². The van der Waals surface area contributed by atoms with Crippen molar-refractivity contribution >= 4 is 23.2 Å². The first-order chi connectivity index (χ1) is 15.2. The number of hydrogen-bond donors (Lipinski definition) is 7. The van der Waals surface area contributed by atoms with Gasteiger partial charge in [0.2, 0.25) is 5.78 Å². The van der Waals surface area contributed by atoms with Crippen molar-refractivity contribution < 1.29 is 45.0 Å². The maximum absolute atomic E-state index is 13.7. The number of ketones is 2. The molecule has 1 saturated carbocycles. The molecule has 1 fully saturated rings. The maximum atomic E-state index is 13.7. The van der Waals surface area contributed by atoms with Crippen molar-refractivity contribution in [3.8, 4) is 11.5 Å². The van der Waals surface area contributed by atoms with Crippen LogP contribution in [-0.4, -0.2) is 78.8 Å². The van der Waals surface area contributed by atoms with Gasteiger partial charge in [0.05, 0.1) is 17.2 Å². The first-order valence-electron chi connectivity index (χ1n) is 10.1. The van der Waals surface area contributed by atoms with Gasteiger partial charge in [0.15, 0.2) is 11.4 Å². The molecule has 0 saturated heterocycles. The summed E-state index contributed by atoms with van der Waals surface area (Å²) in [6, 6.07) is 0.766. The number of carbonyl (C=O) groups is 3. The lowest BCUT2D eigenvalue weighted by Gasteiger charge is -2.53. The molecule has 5 atom stereocenters. The van der Waals surface area contributed by atoms with E-state index in [9.17, 15) is 45.0 Å². The Hall–Kier alpha value is -3.41. The Labute approximate surface area is 187 Å². The van der Waals surface area contributed by atoms with Gasteiger partial charge in [-0.3, -0.25) is 19.3 Å². The molecule has 0 spiro atoms. The summed E-state index contributed by atoms with van der Waals surface area (Å²) in [7, 11) is 2.95. The zero-order chi connectivity index (χ0) is 24.8. The second kappa shape index (κ2) is 6.80. The number of benzene rings is 1. The smallest absolute Gasteiger partial charge is 0.255 e. The number of likely N-dealkylation sites (N-methyl/N-ethyl adjacent to an activating group) is 1. The number of carbonyl (C=O) groups excluding carboxylic acids is 3. The molecule has 8 N–H and O–H groups in total. The van der Waals surface area contributed by atoms with Gasteiger partial charge >= 0.3 is 0 Å². The van der Waals surface area contributed by atoms with Gasteiger partial charge in [-0.05, 0) is 33.5 Å². The molecule has 0 aliphatic heterocycles. The molecule has 1 amide bonds. The number of hydrogen-bond acceptors (Lipinski definition) is 10. The zero-order valence-electron chi connectivity index (χ0n) is 18.0. The van der Waals surface area contributed by atoms with E-state index in [2.05, 4.69) is 0 Å². The lowest BCUT2D eigenvalue weighted by atomic mass is 9.54. The van der Waals surface area contributed by atoms with E-state index in [1.165, 1.54) is 25.9 Å². The lowest BCUT2D eigenvalue weighted by Crippen LogP contribution is -2.67. The summed E-state index contributed by atoms with van der Waals surface area (Å²) in [5.41, 5.74) is -1.28. The molecular formula is C22H24N2O9. The molecule has 11 heteroatoms. The van der Waals surface area contributed by atoms with Crippen molar-refractivity contribution in [1.29, 1.82) is 0 Å². The summed E-state index contributed by atoms with van der Waals surface area (Å²) in [5, 5.41) is 64.9. The Morgan fingerprint density at radius 3 is 2.27 bits per heavy atom. The molecule has 176 valence electrons. The van der Waals surface area contributed by atoms with E-state index in [-0.39, 0.29) is 17.5 Å². The van der Waals surface area contributed by atoms with E-state index < -0.39 is 80.7 Å². The highest BCUT2D eigenvalue weighted by molar-refractivity contribution is 6.24. The van der Waals surface area contributed by atoms with E-state index in [1.807, 2.05) is 0 Å². The summed E-state index contributed by atoms with van der Waals surface area (Å²) in [5.74, 6) is -8.98. The third kappa shape index (κ3) is 2.70. The average molecular weight is 460 g/mol. The van der Waals surface area contributed by atoms with Crippen molar-refractivity contribution in [2.75, 3.05) is 14.1 Å². The zero-order valence-corrected chi connectivity index (χ0v) is 18.0. The first-order valence-corrected chi connectivity index (χ1v) is 10.1. The van der Waals surface area contributed by atoms with Crippen molar-refractivity contribution in [2.45, 2.75) is 30.6 Å². The van der Waals surface area contributed by atoms with E-state index in [4.69, 9.17) is 5.73 Å². The molecule has 0 unspecified atom stereocenters. The molecule has 4 rings (SSSR count). The average Bonchev–Trinajstić information content (AvgIpc) is 2.68. The Morgan fingerprint density at radius 1 is 1.12 bits per heavy atom. The van der Waals surface area contributed by atoms with Crippen molar-refractivity contribution in [1.82, 2.24) is 4.90 Å². The van der Waals surface area contributed by atoms with E-state index in [1.54, 1.807) is 0 Å². The van der Waals surface area contributed by atoms with Gasteiger partial charge in [0.25, 0.3) is 5.91 Å². The second-order valence-electron chi connectivity index (χ2n) is 9.15. The van der Waals surface area contributed by atoms with Gasteiger partial charge in [0.1, 0.15) is 28.6 Å². The topological polar surface area (TPSA) is 202 Å². The quantitative estimate of drug-likeness (QED) is 0.278. The number of Topliss-reactive ketones (excluding diaryl/α,β-unsaturated/α-hetero) is 2. The molecule has 0 aromatic heterocycles. The monoisotopic (exact) mass is 460 g/mol. The van der Waals surface area contributed by atoms with Gasteiger partial charge in [-0.15, -0.1) is 0 Å². The van der Waals surface area contributed by atoms with Gasteiger partial charge in [0, 0.05) is 29.0 Å². The predicted molar refractivity (Wildman–Crippen MR) is 112 cm³/mol. The molecule has 0 bridgehead atoms. The molecule has 0 heterocycles. The lowest BCUT2D eigenvalue weighted by molar-refractivity contribution is -0.159. The Morgan fingerprint density at radius 2 is 1.73 bits per heavy atom. The van der Waals surface area contributed by atoms with Crippen LogP contribution in [0.3, 0.4) is 0 Å². The second-order valence-corrected chi connectivity index (χ2v) is 9.15. The van der Waals surface area contributed by atoms with Crippen molar-refractivity contribution in [3.05, 3.63) is 40.2 Å². The summed E-state index contributed by atoms with van der Waals surface area (Å²) >= 11 is 0. The van der Waals surface area contributed by atoms with Crippen LogP contribution >= 0.6 is 0 Å². The summed E-state index contributed by atoms with van der Waals surface area (Å²) in [4.78, 5) is 40.0. The van der Waals surface area contributed by atoms with Gasteiger partial charge in [-0.25, -0.2) is 0 Å². The predicted octanol–water partition coefficient (Wildman–Crippen LogP) is -0.665. The normalized spacial score (nSPS) is 33.7. The fraction of sp³-hybridized carbons (Fsp3) is 0.409. The molecular weight excluding hydrogens is 436 g/mol. The van der Waals surface area contributed by atoms with Crippen LogP contribution in [0.2, 0.25) is 0 Å². The van der Waals surface area contributed by atoms with Crippen molar-refractivity contribution in [3.63, 3.8) is 0 Å². The number of rotatable bonds is 2.